The highest BCUT2D eigenvalue weighted by Crippen LogP contribution is 2.22. The summed E-state index contributed by atoms with van der Waals surface area (Å²) in [4.78, 5) is 10.5. The standard InChI is InChI=1S/C12H24N2O/c1-10-4-2-5-11(8-7-10)14-9-3-6-12(13)15/h10-11,14H,2-9H2,1H3,(H2,13,15). The van der Waals surface area contributed by atoms with E-state index in [2.05, 4.69) is 12.2 Å². The first-order chi connectivity index (χ1) is 7.18. The third kappa shape index (κ3) is 5.78. The van der Waals surface area contributed by atoms with E-state index in [1.165, 1.54) is 32.1 Å². The summed E-state index contributed by atoms with van der Waals surface area (Å²) in [7, 11) is 0. The van der Waals surface area contributed by atoms with Gasteiger partial charge in [0.1, 0.15) is 0 Å². The van der Waals surface area contributed by atoms with Gasteiger partial charge in [-0.15, -0.1) is 0 Å². The minimum atomic E-state index is -0.189. The summed E-state index contributed by atoms with van der Waals surface area (Å²) in [6.07, 6.45) is 8.03. The Labute approximate surface area is 92.8 Å². The lowest BCUT2D eigenvalue weighted by Crippen LogP contribution is -2.30. The van der Waals surface area contributed by atoms with Crippen molar-refractivity contribution in [3.05, 3.63) is 0 Å². The van der Waals surface area contributed by atoms with Crippen molar-refractivity contribution in [2.45, 2.75) is 57.9 Å². The van der Waals surface area contributed by atoms with E-state index in [-0.39, 0.29) is 5.91 Å². The summed E-state index contributed by atoms with van der Waals surface area (Å²) in [5.74, 6) is 0.703. The average molecular weight is 212 g/mol. The Balaban J connectivity index is 2.07. The molecule has 0 bridgehead atoms. The van der Waals surface area contributed by atoms with Crippen LogP contribution in [-0.4, -0.2) is 18.5 Å². The van der Waals surface area contributed by atoms with E-state index < -0.39 is 0 Å². The molecule has 0 heterocycles. The predicted octanol–water partition coefficient (Wildman–Crippen LogP) is 1.81. The highest BCUT2D eigenvalue weighted by molar-refractivity contribution is 5.73. The van der Waals surface area contributed by atoms with Crippen LogP contribution in [0.15, 0.2) is 0 Å². The van der Waals surface area contributed by atoms with Crippen LogP contribution >= 0.6 is 0 Å². The van der Waals surface area contributed by atoms with E-state index in [1.54, 1.807) is 0 Å². The number of nitrogens with one attached hydrogen (secondary N) is 1. The van der Waals surface area contributed by atoms with Gasteiger partial charge in [-0.2, -0.15) is 0 Å². The van der Waals surface area contributed by atoms with Crippen molar-refractivity contribution in [3.8, 4) is 0 Å². The summed E-state index contributed by atoms with van der Waals surface area (Å²) in [6.45, 7) is 3.28. The van der Waals surface area contributed by atoms with Crippen LogP contribution in [0.3, 0.4) is 0 Å². The average Bonchev–Trinajstić information content (AvgIpc) is 2.38. The van der Waals surface area contributed by atoms with Crippen molar-refractivity contribution < 1.29 is 4.79 Å². The molecule has 1 aliphatic carbocycles. The molecule has 0 aromatic carbocycles. The zero-order chi connectivity index (χ0) is 11.1. The van der Waals surface area contributed by atoms with Crippen molar-refractivity contribution in [2.75, 3.05) is 6.54 Å². The molecule has 1 amide bonds. The van der Waals surface area contributed by atoms with Crippen LogP contribution in [0.1, 0.15) is 51.9 Å². The molecule has 0 aromatic heterocycles. The molecule has 0 saturated heterocycles. The first-order valence-electron chi connectivity index (χ1n) is 6.20. The van der Waals surface area contributed by atoms with Gasteiger partial charge < -0.3 is 11.1 Å². The summed E-state index contributed by atoms with van der Waals surface area (Å²) in [5, 5.41) is 3.53. The molecule has 2 unspecified atom stereocenters. The Kier molecular flexibility index (Phi) is 5.69. The van der Waals surface area contributed by atoms with Crippen LogP contribution in [-0.2, 0) is 4.79 Å². The molecule has 2 atom stereocenters. The lowest BCUT2D eigenvalue weighted by Gasteiger charge is -2.15. The second-order valence-electron chi connectivity index (χ2n) is 4.83. The van der Waals surface area contributed by atoms with Crippen molar-refractivity contribution in [1.82, 2.24) is 5.32 Å². The quantitative estimate of drug-likeness (QED) is 0.539. The molecule has 1 saturated carbocycles. The van der Waals surface area contributed by atoms with Crippen LogP contribution in [0, 0.1) is 5.92 Å². The van der Waals surface area contributed by atoms with Gasteiger partial charge in [0.2, 0.25) is 5.91 Å². The molecule has 88 valence electrons. The molecule has 0 radical (unpaired) electrons. The van der Waals surface area contributed by atoms with Crippen molar-refractivity contribution in [2.24, 2.45) is 11.7 Å². The number of nitrogens with two attached hydrogens (primary N) is 1. The van der Waals surface area contributed by atoms with E-state index in [4.69, 9.17) is 5.73 Å². The monoisotopic (exact) mass is 212 g/mol. The van der Waals surface area contributed by atoms with E-state index in [9.17, 15) is 4.79 Å². The lowest BCUT2D eigenvalue weighted by atomic mass is 10.0. The Hall–Kier alpha value is -0.570. The topological polar surface area (TPSA) is 55.1 Å². The maximum Gasteiger partial charge on any atom is 0.217 e. The Morgan fingerprint density at radius 3 is 2.87 bits per heavy atom. The first kappa shape index (κ1) is 12.5. The summed E-state index contributed by atoms with van der Waals surface area (Å²) in [6, 6.07) is 0.669. The number of hydrogen-bond donors (Lipinski definition) is 2. The maximum absolute atomic E-state index is 10.5. The Morgan fingerprint density at radius 1 is 1.33 bits per heavy atom. The molecular formula is C12H24N2O. The fraction of sp³-hybridized carbons (Fsp3) is 0.917. The highest BCUT2D eigenvalue weighted by Gasteiger charge is 2.15. The van der Waals surface area contributed by atoms with Crippen molar-refractivity contribution in [1.29, 1.82) is 0 Å². The number of hydrogen-bond acceptors (Lipinski definition) is 2. The molecule has 3 heteroatoms. The number of rotatable bonds is 5. The number of primary amides is 1. The molecule has 1 rings (SSSR count). The van der Waals surface area contributed by atoms with Crippen molar-refractivity contribution >= 4 is 5.91 Å². The van der Waals surface area contributed by atoms with Crippen LogP contribution in [0.25, 0.3) is 0 Å². The molecule has 0 spiro atoms. The molecular weight excluding hydrogens is 188 g/mol. The first-order valence-corrected chi connectivity index (χ1v) is 6.20. The van der Waals surface area contributed by atoms with Gasteiger partial charge in [-0.25, -0.2) is 0 Å². The highest BCUT2D eigenvalue weighted by atomic mass is 16.1. The van der Waals surface area contributed by atoms with Crippen LogP contribution in [0.5, 0.6) is 0 Å². The van der Waals surface area contributed by atoms with Crippen LogP contribution in [0.4, 0.5) is 0 Å². The van der Waals surface area contributed by atoms with E-state index in [1.807, 2.05) is 0 Å². The minimum absolute atomic E-state index is 0.189. The Morgan fingerprint density at radius 2 is 2.13 bits per heavy atom. The maximum atomic E-state index is 10.5. The van der Waals surface area contributed by atoms with Crippen LogP contribution < -0.4 is 11.1 Å². The van der Waals surface area contributed by atoms with Gasteiger partial charge in [-0.1, -0.05) is 19.8 Å². The second-order valence-corrected chi connectivity index (χ2v) is 4.83. The minimum Gasteiger partial charge on any atom is -0.370 e. The van der Waals surface area contributed by atoms with E-state index in [0.717, 1.165) is 18.9 Å². The van der Waals surface area contributed by atoms with Gasteiger partial charge in [-0.05, 0) is 38.1 Å². The smallest absolute Gasteiger partial charge is 0.217 e. The van der Waals surface area contributed by atoms with Gasteiger partial charge in [0, 0.05) is 12.5 Å². The summed E-state index contributed by atoms with van der Waals surface area (Å²) in [5.41, 5.74) is 5.09. The van der Waals surface area contributed by atoms with Gasteiger partial charge in [-0.3, -0.25) is 4.79 Å². The molecule has 15 heavy (non-hydrogen) atoms. The zero-order valence-corrected chi connectivity index (χ0v) is 9.80. The van der Waals surface area contributed by atoms with Gasteiger partial charge in [0.05, 0.1) is 0 Å². The predicted molar refractivity (Wildman–Crippen MR) is 62.5 cm³/mol. The van der Waals surface area contributed by atoms with Gasteiger partial charge >= 0.3 is 0 Å². The SMILES string of the molecule is CC1CCCC(NCCCC(N)=O)CC1. The van der Waals surface area contributed by atoms with E-state index in [0.29, 0.717) is 12.5 Å². The normalized spacial score (nSPS) is 27.3. The largest absolute Gasteiger partial charge is 0.370 e. The summed E-state index contributed by atoms with van der Waals surface area (Å²) < 4.78 is 0. The van der Waals surface area contributed by atoms with Crippen LogP contribution in [0.2, 0.25) is 0 Å². The third-order valence-corrected chi connectivity index (χ3v) is 3.29. The zero-order valence-electron chi connectivity index (χ0n) is 9.80. The molecule has 0 aromatic rings. The third-order valence-electron chi connectivity index (χ3n) is 3.29. The number of amides is 1. The number of carbonyl (C=O) groups excluding carboxylic acids is 1. The second kappa shape index (κ2) is 6.83. The molecule has 1 aliphatic rings. The fourth-order valence-corrected chi connectivity index (χ4v) is 2.26. The number of carbonyl (C=O) groups is 1. The molecule has 3 nitrogen and oxygen atoms in total. The molecule has 0 aliphatic heterocycles. The van der Waals surface area contributed by atoms with Gasteiger partial charge in [0.15, 0.2) is 0 Å². The lowest BCUT2D eigenvalue weighted by molar-refractivity contribution is -0.118. The van der Waals surface area contributed by atoms with Gasteiger partial charge in [0.25, 0.3) is 0 Å². The Bertz CT molecular complexity index is 194. The van der Waals surface area contributed by atoms with Crippen molar-refractivity contribution in [3.63, 3.8) is 0 Å². The molecule has 3 N–H and O–H groups in total. The summed E-state index contributed by atoms with van der Waals surface area (Å²) >= 11 is 0. The molecule has 1 fully saturated rings. The van der Waals surface area contributed by atoms with E-state index >= 15 is 0 Å². The fourth-order valence-electron chi connectivity index (χ4n) is 2.26.